The first kappa shape index (κ1) is 16.3. The molecule has 0 heterocycles. The summed E-state index contributed by atoms with van der Waals surface area (Å²) in [5.74, 6) is 0.207. The maximum Gasteiger partial charge on any atom is 0.122 e. The van der Waals surface area contributed by atoms with Crippen LogP contribution in [0.4, 0.5) is 0 Å². The molecule has 4 N–H and O–H groups in total. The van der Waals surface area contributed by atoms with Crippen LogP contribution in [0.1, 0.15) is 37.8 Å². The molecule has 4 heteroatoms. The van der Waals surface area contributed by atoms with Crippen LogP contribution in [0.2, 0.25) is 0 Å². The predicted octanol–water partition coefficient (Wildman–Crippen LogP) is 2.99. The first-order valence-electron chi connectivity index (χ1n) is 7.41. The van der Waals surface area contributed by atoms with E-state index in [2.05, 4.69) is 0 Å². The number of hydrogen-bond donors (Lipinski definition) is 4. The Kier molecular flexibility index (Phi) is 4.44. The van der Waals surface area contributed by atoms with Gasteiger partial charge >= 0.3 is 0 Å². The summed E-state index contributed by atoms with van der Waals surface area (Å²) in [5, 5.41) is 41.3. The van der Waals surface area contributed by atoms with E-state index in [0.29, 0.717) is 24.0 Å². The monoisotopic (exact) mass is 302 g/mol. The van der Waals surface area contributed by atoms with Crippen molar-refractivity contribution in [1.82, 2.24) is 0 Å². The average molecular weight is 302 g/mol. The van der Waals surface area contributed by atoms with Crippen molar-refractivity contribution in [3.05, 3.63) is 59.7 Å². The van der Waals surface area contributed by atoms with Crippen molar-refractivity contribution in [3.63, 3.8) is 0 Å². The van der Waals surface area contributed by atoms with Gasteiger partial charge in [0.15, 0.2) is 0 Å². The molecule has 0 unspecified atom stereocenters. The van der Waals surface area contributed by atoms with Crippen LogP contribution in [0.25, 0.3) is 0 Å². The summed E-state index contributed by atoms with van der Waals surface area (Å²) in [7, 11) is 0. The third kappa shape index (κ3) is 2.56. The fourth-order valence-electron chi connectivity index (χ4n) is 2.95. The second kappa shape index (κ2) is 5.99. The average Bonchev–Trinajstić information content (AvgIpc) is 2.54. The molecule has 0 aliphatic carbocycles. The molecule has 2 aromatic carbocycles. The molecule has 0 aliphatic heterocycles. The summed E-state index contributed by atoms with van der Waals surface area (Å²) < 4.78 is 0. The predicted molar refractivity (Wildman–Crippen MR) is 84.6 cm³/mol. The smallest absolute Gasteiger partial charge is 0.122 e. The van der Waals surface area contributed by atoms with E-state index in [0.717, 1.165) is 0 Å². The summed E-state index contributed by atoms with van der Waals surface area (Å²) >= 11 is 0. The largest absolute Gasteiger partial charge is 0.508 e. The Morgan fingerprint density at radius 1 is 0.636 bits per heavy atom. The Morgan fingerprint density at radius 2 is 0.909 bits per heavy atom. The van der Waals surface area contributed by atoms with E-state index in [4.69, 9.17) is 0 Å². The van der Waals surface area contributed by atoms with Crippen LogP contribution in [0, 0.1) is 0 Å². The van der Waals surface area contributed by atoms with Gasteiger partial charge in [-0.1, -0.05) is 38.1 Å². The highest BCUT2D eigenvalue weighted by molar-refractivity contribution is 5.38. The van der Waals surface area contributed by atoms with Gasteiger partial charge in [-0.15, -0.1) is 0 Å². The molecule has 0 aliphatic rings. The fourth-order valence-corrected chi connectivity index (χ4v) is 2.95. The summed E-state index contributed by atoms with van der Waals surface area (Å²) in [6, 6.07) is 12.4. The second-order valence-corrected chi connectivity index (χ2v) is 5.52. The van der Waals surface area contributed by atoms with E-state index in [1.165, 1.54) is 24.3 Å². The number of rotatable bonds is 5. The molecule has 0 aromatic heterocycles. The summed E-state index contributed by atoms with van der Waals surface area (Å²) in [6.45, 7) is 3.60. The third-order valence-electron chi connectivity index (χ3n) is 4.40. The highest BCUT2D eigenvalue weighted by Gasteiger charge is 2.49. The quantitative estimate of drug-likeness (QED) is 0.684. The van der Waals surface area contributed by atoms with Crippen molar-refractivity contribution < 1.29 is 20.4 Å². The normalized spacial score (nSPS) is 16.7. The van der Waals surface area contributed by atoms with E-state index in [1.54, 1.807) is 38.1 Å². The summed E-state index contributed by atoms with van der Waals surface area (Å²) in [4.78, 5) is 0. The van der Waals surface area contributed by atoms with Gasteiger partial charge in [-0.2, -0.15) is 0 Å². The Morgan fingerprint density at radius 3 is 1.14 bits per heavy atom. The zero-order chi connectivity index (χ0) is 16.4. The Labute approximate surface area is 130 Å². The number of benzene rings is 2. The van der Waals surface area contributed by atoms with E-state index in [9.17, 15) is 20.4 Å². The van der Waals surface area contributed by atoms with Gasteiger partial charge < -0.3 is 20.4 Å². The van der Waals surface area contributed by atoms with Crippen LogP contribution < -0.4 is 0 Å². The van der Waals surface area contributed by atoms with Crippen molar-refractivity contribution in [2.24, 2.45) is 0 Å². The molecule has 0 bridgehead atoms. The van der Waals surface area contributed by atoms with Crippen LogP contribution in [0.5, 0.6) is 11.5 Å². The summed E-state index contributed by atoms with van der Waals surface area (Å²) in [6.07, 6.45) is 0.589. The van der Waals surface area contributed by atoms with E-state index < -0.39 is 11.2 Å². The van der Waals surface area contributed by atoms with E-state index in [1.807, 2.05) is 0 Å². The number of hydrogen-bond acceptors (Lipinski definition) is 4. The molecule has 0 amide bonds. The molecule has 2 aromatic rings. The minimum Gasteiger partial charge on any atom is -0.508 e. The maximum atomic E-state index is 11.2. The first-order chi connectivity index (χ1) is 10.4. The molecule has 22 heavy (non-hydrogen) atoms. The van der Waals surface area contributed by atoms with Gasteiger partial charge in [-0.3, -0.25) is 0 Å². The summed E-state index contributed by atoms with van der Waals surface area (Å²) in [5.41, 5.74) is -1.95. The molecular formula is C18H22O4. The molecular weight excluding hydrogens is 280 g/mol. The van der Waals surface area contributed by atoms with E-state index in [-0.39, 0.29) is 11.5 Å². The highest BCUT2D eigenvalue weighted by Crippen LogP contribution is 2.45. The zero-order valence-electron chi connectivity index (χ0n) is 12.8. The first-order valence-corrected chi connectivity index (χ1v) is 7.41. The molecule has 0 radical (unpaired) electrons. The van der Waals surface area contributed by atoms with Gasteiger partial charge in [0.2, 0.25) is 0 Å². The molecule has 4 nitrogen and oxygen atoms in total. The minimum absolute atomic E-state index is 0.104. The highest BCUT2D eigenvalue weighted by atomic mass is 16.4. The SMILES string of the molecule is CC[C@](O)(c1ccc(O)cc1)[C@](O)(CC)c1ccc(O)cc1. The van der Waals surface area contributed by atoms with Gasteiger partial charge in [-0.25, -0.2) is 0 Å². The van der Waals surface area contributed by atoms with E-state index >= 15 is 0 Å². The Hall–Kier alpha value is -2.04. The van der Waals surface area contributed by atoms with Crippen LogP contribution in [0.15, 0.2) is 48.5 Å². The second-order valence-electron chi connectivity index (χ2n) is 5.52. The van der Waals surface area contributed by atoms with Crippen molar-refractivity contribution >= 4 is 0 Å². The van der Waals surface area contributed by atoms with Crippen LogP contribution in [0.3, 0.4) is 0 Å². The topological polar surface area (TPSA) is 80.9 Å². The lowest BCUT2D eigenvalue weighted by atomic mass is 9.70. The Balaban J connectivity index is 2.57. The maximum absolute atomic E-state index is 11.2. The number of aromatic hydroxyl groups is 2. The molecule has 0 spiro atoms. The van der Waals surface area contributed by atoms with Crippen molar-refractivity contribution in [2.45, 2.75) is 37.9 Å². The van der Waals surface area contributed by atoms with Crippen molar-refractivity contribution in [1.29, 1.82) is 0 Å². The molecule has 0 saturated heterocycles. The molecule has 2 rings (SSSR count). The zero-order valence-corrected chi connectivity index (χ0v) is 12.8. The Bertz CT molecular complexity index is 563. The minimum atomic E-state index is -1.51. The number of phenols is 2. The molecule has 118 valence electrons. The number of phenolic OH excluding ortho intramolecular Hbond substituents is 2. The van der Waals surface area contributed by atoms with Crippen molar-refractivity contribution in [2.75, 3.05) is 0 Å². The van der Waals surface area contributed by atoms with Gasteiger partial charge in [-0.05, 0) is 48.2 Å². The van der Waals surface area contributed by atoms with Gasteiger partial charge in [0.05, 0.1) is 0 Å². The van der Waals surface area contributed by atoms with Gasteiger partial charge in [0.25, 0.3) is 0 Å². The molecule has 2 atom stereocenters. The fraction of sp³-hybridized carbons (Fsp3) is 0.333. The van der Waals surface area contributed by atoms with Gasteiger partial charge in [0, 0.05) is 0 Å². The lowest BCUT2D eigenvalue weighted by Crippen LogP contribution is -2.48. The standard InChI is InChI=1S/C18H22O4/c1-3-17(21,13-5-9-15(19)10-6-13)18(22,4-2)14-7-11-16(20)12-8-14/h5-12,19-22H,3-4H2,1-2H3/t17-,18-/m0/s1. The third-order valence-corrected chi connectivity index (χ3v) is 4.40. The van der Waals surface area contributed by atoms with Crippen LogP contribution in [-0.2, 0) is 11.2 Å². The van der Waals surface area contributed by atoms with Crippen molar-refractivity contribution in [3.8, 4) is 11.5 Å². The van der Waals surface area contributed by atoms with Crippen LogP contribution >= 0.6 is 0 Å². The molecule has 0 saturated carbocycles. The molecule has 0 fully saturated rings. The van der Waals surface area contributed by atoms with Gasteiger partial charge in [0.1, 0.15) is 22.7 Å². The van der Waals surface area contributed by atoms with Crippen LogP contribution in [-0.4, -0.2) is 20.4 Å². The lowest BCUT2D eigenvalue weighted by molar-refractivity contribution is -0.169. The lowest BCUT2D eigenvalue weighted by Gasteiger charge is -2.43. The number of aliphatic hydroxyl groups is 2.